The van der Waals surface area contributed by atoms with Crippen LogP contribution in [0.5, 0.6) is 0 Å². The molecule has 8 heteroatoms. The first kappa shape index (κ1) is 21.1. The quantitative estimate of drug-likeness (QED) is 0.581. The number of halogens is 1. The number of nitrogens with zero attached hydrogens (tertiary/aromatic N) is 1. The molecule has 30 heavy (non-hydrogen) atoms. The smallest absolute Gasteiger partial charge is 0.319 e. The number of carbonyl (C=O) groups is 1. The number of aliphatic hydroxyl groups excluding tert-OH is 2. The fourth-order valence-electron chi connectivity index (χ4n) is 4.30. The minimum atomic E-state index is -0.831. The van der Waals surface area contributed by atoms with Crippen LogP contribution in [0.2, 0.25) is 5.02 Å². The largest absolute Gasteiger partial charge is 0.394 e. The van der Waals surface area contributed by atoms with Crippen molar-refractivity contribution in [1.29, 1.82) is 0 Å². The molecule has 2 aromatic rings. The van der Waals surface area contributed by atoms with Crippen molar-refractivity contribution < 1.29 is 19.7 Å². The molecule has 2 aliphatic heterocycles. The van der Waals surface area contributed by atoms with Gasteiger partial charge in [-0.25, -0.2) is 4.79 Å². The molecule has 1 saturated heterocycles. The highest BCUT2D eigenvalue weighted by Gasteiger charge is 2.46. The Balaban J connectivity index is 1.41. The van der Waals surface area contributed by atoms with Crippen LogP contribution >= 0.6 is 11.6 Å². The summed E-state index contributed by atoms with van der Waals surface area (Å²) < 4.78 is 5.89. The predicted molar refractivity (Wildman–Crippen MR) is 115 cm³/mol. The van der Waals surface area contributed by atoms with Crippen molar-refractivity contribution in [3.05, 3.63) is 64.7 Å². The molecule has 0 aliphatic carbocycles. The number of urea groups is 1. The van der Waals surface area contributed by atoms with E-state index in [1.807, 2.05) is 12.1 Å². The van der Waals surface area contributed by atoms with E-state index in [1.54, 1.807) is 24.3 Å². The fraction of sp³-hybridized carbons (Fsp3) is 0.409. The lowest BCUT2D eigenvalue weighted by Gasteiger charge is -2.37. The van der Waals surface area contributed by atoms with Crippen LogP contribution in [0.15, 0.2) is 48.5 Å². The number of rotatable bonds is 5. The summed E-state index contributed by atoms with van der Waals surface area (Å²) in [6.45, 7) is 1.42. The fourth-order valence-corrected chi connectivity index (χ4v) is 4.49. The Labute approximate surface area is 180 Å². The van der Waals surface area contributed by atoms with Crippen LogP contribution in [0, 0.1) is 0 Å². The number of nitrogens with one attached hydrogen (secondary N) is 2. The molecule has 4 rings (SSSR count). The molecule has 0 radical (unpaired) electrons. The Morgan fingerprint density at radius 2 is 1.97 bits per heavy atom. The third-order valence-corrected chi connectivity index (χ3v) is 6.00. The standard InChI is InChI=1S/C22H26ClN3O4/c23-16-6-3-7-17(10-16)25-22(29)24-11-18-20(21(28)19(13-27)30-18)26-9-8-14-4-1-2-5-15(14)12-26/h1-7,10,18-21,27-28H,8-9,11-13H2,(H2,24,25,29)/t18-,19+,20-,21-/m1/s1. The van der Waals surface area contributed by atoms with Crippen LogP contribution in [0.3, 0.4) is 0 Å². The summed E-state index contributed by atoms with van der Waals surface area (Å²) in [5.41, 5.74) is 3.13. The molecule has 4 atom stereocenters. The number of amides is 2. The van der Waals surface area contributed by atoms with Gasteiger partial charge in [0.05, 0.1) is 18.8 Å². The van der Waals surface area contributed by atoms with Crippen LogP contribution in [-0.4, -0.2) is 65.2 Å². The SMILES string of the molecule is O=C(NC[C@H]1O[C@@H](CO)[C@@H](O)[C@@H]1N1CCc2ccccc2C1)Nc1cccc(Cl)c1. The lowest BCUT2D eigenvalue weighted by atomic mass is 9.95. The molecule has 0 saturated carbocycles. The molecule has 0 unspecified atom stereocenters. The van der Waals surface area contributed by atoms with Gasteiger partial charge in [-0.05, 0) is 35.7 Å². The Hall–Kier alpha value is -2.16. The first-order valence-corrected chi connectivity index (χ1v) is 10.5. The second-order valence-electron chi connectivity index (χ2n) is 7.71. The van der Waals surface area contributed by atoms with Gasteiger partial charge in [0.1, 0.15) is 12.2 Å². The van der Waals surface area contributed by atoms with Crippen molar-refractivity contribution in [2.75, 3.05) is 25.0 Å². The lowest BCUT2D eigenvalue weighted by Crippen LogP contribution is -2.52. The number of ether oxygens (including phenoxy) is 1. The highest BCUT2D eigenvalue weighted by molar-refractivity contribution is 6.30. The topological polar surface area (TPSA) is 94.1 Å². The Kier molecular flexibility index (Phi) is 6.55. The Bertz CT molecular complexity index is 896. The first-order valence-electron chi connectivity index (χ1n) is 10.1. The van der Waals surface area contributed by atoms with E-state index in [0.717, 1.165) is 13.0 Å². The molecular weight excluding hydrogens is 406 g/mol. The normalized spacial score (nSPS) is 26.2. The van der Waals surface area contributed by atoms with Crippen LogP contribution in [0.4, 0.5) is 10.5 Å². The summed E-state index contributed by atoms with van der Waals surface area (Å²) in [6.07, 6.45) is -1.05. The number of carbonyl (C=O) groups excluding carboxylic acids is 1. The van der Waals surface area contributed by atoms with Crippen molar-refractivity contribution in [2.45, 2.75) is 37.3 Å². The summed E-state index contributed by atoms with van der Waals surface area (Å²) in [5.74, 6) is 0. The average Bonchev–Trinajstić information content (AvgIpc) is 3.07. The molecule has 4 N–H and O–H groups in total. The second-order valence-corrected chi connectivity index (χ2v) is 8.15. The zero-order valence-corrected chi connectivity index (χ0v) is 17.3. The molecule has 1 fully saturated rings. The van der Waals surface area contributed by atoms with Gasteiger partial charge in [-0.2, -0.15) is 0 Å². The number of hydrogen-bond donors (Lipinski definition) is 4. The van der Waals surface area contributed by atoms with Gasteiger partial charge in [0.25, 0.3) is 0 Å². The van der Waals surface area contributed by atoms with Crippen LogP contribution in [0.25, 0.3) is 0 Å². The van der Waals surface area contributed by atoms with Gasteiger partial charge in [0.15, 0.2) is 0 Å². The van der Waals surface area contributed by atoms with Crippen LogP contribution < -0.4 is 10.6 Å². The van der Waals surface area contributed by atoms with Crippen molar-refractivity contribution in [3.8, 4) is 0 Å². The van der Waals surface area contributed by atoms with Gasteiger partial charge in [-0.3, -0.25) is 4.90 Å². The monoisotopic (exact) mass is 431 g/mol. The summed E-state index contributed by atoms with van der Waals surface area (Å²) >= 11 is 5.95. The van der Waals surface area contributed by atoms with Gasteiger partial charge in [0.2, 0.25) is 0 Å². The second kappa shape index (κ2) is 9.32. The number of anilines is 1. The van der Waals surface area contributed by atoms with Crippen LogP contribution in [0.1, 0.15) is 11.1 Å². The van der Waals surface area contributed by atoms with Crippen molar-refractivity contribution in [3.63, 3.8) is 0 Å². The van der Waals surface area contributed by atoms with Gasteiger partial charge in [-0.15, -0.1) is 0 Å². The minimum absolute atomic E-state index is 0.211. The van der Waals surface area contributed by atoms with E-state index < -0.39 is 18.3 Å². The van der Waals surface area contributed by atoms with E-state index >= 15 is 0 Å². The van der Waals surface area contributed by atoms with E-state index in [-0.39, 0.29) is 25.2 Å². The maximum Gasteiger partial charge on any atom is 0.319 e. The van der Waals surface area contributed by atoms with Crippen molar-refractivity contribution in [2.24, 2.45) is 0 Å². The number of aliphatic hydroxyl groups is 2. The molecular formula is C22H26ClN3O4. The maximum atomic E-state index is 12.3. The highest BCUT2D eigenvalue weighted by Crippen LogP contribution is 2.30. The molecule has 2 heterocycles. The molecule has 0 aromatic heterocycles. The summed E-state index contributed by atoms with van der Waals surface area (Å²) in [6, 6.07) is 14.5. The summed E-state index contributed by atoms with van der Waals surface area (Å²) in [5, 5.41) is 26.5. The number of benzene rings is 2. The molecule has 0 spiro atoms. The summed E-state index contributed by atoms with van der Waals surface area (Å²) in [4.78, 5) is 14.5. The van der Waals surface area contributed by atoms with Crippen LogP contribution in [-0.2, 0) is 17.7 Å². The van der Waals surface area contributed by atoms with E-state index in [9.17, 15) is 15.0 Å². The number of hydrogen-bond acceptors (Lipinski definition) is 5. The highest BCUT2D eigenvalue weighted by atomic mass is 35.5. The van der Waals surface area contributed by atoms with Gasteiger partial charge in [-0.1, -0.05) is 41.9 Å². The maximum absolute atomic E-state index is 12.3. The zero-order chi connectivity index (χ0) is 21.1. The number of fused-ring (bicyclic) bond motifs is 1. The molecule has 160 valence electrons. The Morgan fingerprint density at radius 3 is 2.73 bits per heavy atom. The van der Waals surface area contributed by atoms with E-state index in [4.69, 9.17) is 16.3 Å². The van der Waals surface area contributed by atoms with Gasteiger partial charge < -0.3 is 25.6 Å². The van der Waals surface area contributed by atoms with E-state index in [0.29, 0.717) is 17.3 Å². The average molecular weight is 432 g/mol. The molecule has 2 aromatic carbocycles. The molecule has 0 bridgehead atoms. The third-order valence-electron chi connectivity index (χ3n) is 5.77. The third kappa shape index (κ3) is 4.61. The molecule has 2 aliphatic rings. The Morgan fingerprint density at radius 1 is 1.17 bits per heavy atom. The lowest BCUT2D eigenvalue weighted by molar-refractivity contribution is -0.0205. The van der Waals surface area contributed by atoms with Crippen molar-refractivity contribution >= 4 is 23.3 Å². The molecule has 2 amide bonds. The zero-order valence-electron chi connectivity index (χ0n) is 16.5. The van der Waals surface area contributed by atoms with Gasteiger partial charge in [0, 0.05) is 30.3 Å². The molecule has 7 nitrogen and oxygen atoms in total. The van der Waals surface area contributed by atoms with Crippen molar-refractivity contribution in [1.82, 2.24) is 10.2 Å². The predicted octanol–water partition coefficient (Wildman–Crippen LogP) is 2.01. The van der Waals surface area contributed by atoms with E-state index in [1.165, 1.54) is 11.1 Å². The minimum Gasteiger partial charge on any atom is -0.394 e. The summed E-state index contributed by atoms with van der Waals surface area (Å²) in [7, 11) is 0. The first-order chi connectivity index (χ1) is 14.5. The van der Waals surface area contributed by atoms with Gasteiger partial charge >= 0.3 is 6.03 Å². The van der Waals surface area contributed by atoms with E-state index in [2.05, 4.69) is 27.7 Å².